The lowest BCUT2D eigenvalue weighted by Crippen LogP contribution is -2.45. The Labute approximate surface area is 102 Å². The Morgan fingerprint density at radius 3 is 2.72 bits per heavy atom. The monoisotopic (exact) mass is 257 g/mol. The van der Waals surface area contributed by atoms with Gasteiger partial charge in [0.05, 0.1) is 6.61 Å². The predicted molar refractivity (Wildman–Crippen MR) is 60.0 cm³/mol. The van der Waals surface area contributed by atoms with E-state index >= 15 is 0 Å². The summed E-state index contributed by atoms with van der Waals surface area (Å²) in [6, 6.07) is 2.23. The summed E-state index contributed by atoms with van der Waals surface area (Å²) >= 11 is 0. The lowest BCUT2D eigenvalue weighted by Gasteiger charge is -2.27. The van der Waals surface area contributed by atoms with E-state index in [1.165, 1.54) is 19.2 Å². The Morgan fingerprint density at radius 2 is 2.22 bits per heavy atom. The van der Waals surface area contributed by atoms with Gasteiger partial charge in [0.1, 0.15) is 23.6 Å². The number of aromatic nitrogens is 1. The van der Waals surface area contributed by atoms with Crippen LogP contribution in [0.25, 0.3) is 0 Å². The van der Waals surface area contributed by atoms with Gasteiger partial charge < -0.3 is 25.2 Å². The number of aliphatic hydroxyl groups is 3. The van der Waals surface area contributed by atoms with Gasteiger partial charge >= 0.3 is 0 Å². The van der Waals surface area contributed by atoms with E-state index in [1.54, 1.807) is 0 Å². The second-order valence-corrected chi connectivity index (χ2v) is 4.51. The van der Waals surface area contributed by atoms with Crippen molar-refractivity contribution in [3.05, 3.63) is 28.7 Å². The number of aliphatic hydroxyl groups excluding tert-OH is 2. The largest absolute Gasteiger partial charge is 0.508 e. The van der Waals surface area contributed by atoms with Crippen molar-refractivity contribution in [1.29, 1.82) is 0 Å². The van der Waals surface area contributed by atoms with Crippen LogP contribution in [-0.2, 0) is 4.74 Å². The first kappa shape index (κ1) is 13.0. The fourth-order valence-corrected chi connectivity index (χ4v) is 2.06. The minimum atomic E-state index is -1.71. The summed E-state index contributed by atoms with van der Waals surface area (Å²) in [6.07, 6.45) is -2.15. The van der Waals surface area contributed by atoms with E-state index in [0.717, 1.165) is 10.6 Å². The Morgan fingerprint density at radius 1 is 1.56 bits per heavy atom. The van der Waals surface area contributed by atoms with Gasteiger partial charge in [-0.3, -0.25) is 9.36 Å². The van der Waals surface area contributed by atoms with Crippen molar-refractivity contribution in [2.24, 2.45) is 0 Å². The van der Waals surface area contributed by atoms with Gasteiger partial charge in [0.15, 0.2) is 6.23 Å². The van der Waals surface area contributed by atoms with Crippen LogP contribution in [0.5, 0.6) is 5.75 Å². The van der Waals surface area contributed by atoms with Gasteiger partial charge in [-0.05, 0) is 13.0 Å². The van der Waals surface area contributed by atoms with E-state index in [4.69, 9.17) is 14.9 Å². The van der Waals surface area contributed by atoms with Gasteiger partial charge in [-0.15, -0.1) is 0 Å². The molecule has 2 rings (SSSR count). The molecule has 4 atom stereocenters. The molecule has 0 spiro atoms. The summed E-state index contributed by atoms with van der Waals surface area (Å²) in [5, 5.41) is 38.1. The maximum Gasteiger partial charge on any atom is 0.256 e. The summed E-state index contributed by atoms with van der Waals surface area (Å²) in [5.41, 5.74) is -2.29. The second kappa shape index (κ2) is 4.36. The highest BCUT2D eigenvalue weighted by Crippen LogP contribution is 2.37. The van der Waals surface area contributed by atoms with Crippen LogP contribution in [0, 0.1) is 0 Å². The molecule has 2 unspecified atom stereocenters. The molecule has 0 amide bonds. The second-order valence-electron chi connectivity index (χ2n) is 4.51. The molecule has 7 heteroatoms. The van der Waals surface area contributed by atoms with Gasteiger partial charge in [-0.2, -0.15) is 0 Å². The number of aromatic hydroxyl groups is 1. The third-order valence-electron chi connectivity index (χ3n) is 3.12. The molecule has 1 fully saturated rings. The molecule has 0 bridgehead atoms. The highest BCUT2D eigenvalue weighted by molar-refractivity contribution is 5.16. The number of pyridine rings is 1. The molecule has 7 nitrogen and oxygen atoms in total. The number of hydrogen-bond acceptors (Lipinski definition) is 6. The third kappa shape index (κ3) is 1.91. The highest BCUT2D eigenvalue weighted by Gasteiger charge is 2.52. The number of rotatable bonds is 2. The first-order valence-corrected chi connectivity index (χ1v) is 5.46. The maximum absolute atomic E-state index is 11.7. The SMILES string of the molecule is C[C@@]1(O)C(n2ccc(O)cc2=O)OC(CO)[C@H]1O. The molecule has 1 aromatic rings. The van der Waals surface area contributed by atoms with Crippen molar-refractivity contribution in [3.8, 4) is 5.75 Å². The Kier molecular flexibility index (Phi) is 3.16. The smallest absolute Gasteiger partial charge is 0.256 e. The van der Waals surface area contributed by atoms with E-state index in [9.17, 15) is 15.0 Å². The molecule has 0 aromatic carbocycles. The topological polar surface area (TPSA) is 112 Å². The molecular weight excluding hydrogens is 242 g/mol. The van der Waals surface area contributed by atoms with Crippen molar-refractivity contribution >= 4 is 0 Å². The number of hydrogen-bond donors (Lipinski definition) is 4. The summed E-state index contributed by atoms with van der Waals surface area (Å²) in [5.74, 6) is -0.201. The van der Waals surface area contributed by atoms with Gasteiger partial charge in [0.25, 0.3) is 5.56 Å². The lowest BCUT2D eigenvalue weighted by molar-refractivity contribution is -0.0982. The van der Waals surface area contributed by atoms with Crippen LogP contribution in [-0.4, -0.2) is 49.4 Å². The maximum atomic E-state index is 11.7. The van der Waals surface area contributed by atoms with Gasteiger partial charge in [-0.1, -0.05) is 0 Å². The Balaban J connectivity index is 2.42. The minimum absolute atomic E-state index is 0.201. The van der Waals surface area contributed by atoms with Crippen LogP contribution < -0.4 is 5.56 Å². The molecule has 100 valence electrons. The zero-order valence-electron chi connectivity index (χ0n) is 9.72. The number of nitrogens with zero attached hydrogens (tertiary/aromatic N) is 1. The van der Waals surface area contributed by atoms with Crippen molar-refractivity contribution in [1.82, 2.24) is 4.57 Å². The molecule has 2 heterocycles. The first-order chi connectivity index (χ1) is 8.37. The lowest BCUT2D eigenvalue weighted by atomic mass is 9.96. The third-order valence-corrected chi connectivity index (χ3v) is 3.12. The molecule has 18 heavy (non-hydrogen) atoms. The molecule has 1 aliphatic heterocycles. The Bertz CT molecular complexity index is 497. The fraction of sp³-hybridized carbons (Fsp3) is 0.545. The van der Waals surface area contributed by atoms with E-state index in [1.807, 2.05) is 0 Å². The van der Waals surface area contributed by atoms with E-state index < -0.39 is 36.2 Å². The highest BCUT2D eigenvalue weighted by atomic mass is 16.6. The summed E-state index contributed by atoms with van der Waals surface area (Å²) < 4.78 is 6.33. The van der Waals surface area contributed by atoms with Crippen molar-refractivity contribution in [2.75, 3.05) is 6.61 Å². The van der Waals surface area contributed by atoms with E-state index in [2.05, 4.69) is 0 Å². The molecule has 1 aromatic heterocycles. The van der Waals surface area contributed by atoms with Crippen molar-refractivity contribution < 1.29 is 25.2 Å². The zero-order chi connectivity index (χ0) is 13.5. The fourth-order valence-electron chi connectivity index (χ4n) is 2.06. The van der Waals surface area contributed by atoms with Crippen LogP contribution in [0.1, 0.15) is 13.2 Å². The van der Waals surface area contributed by atoms with Crippen LogP contribution in [0.15, 0.2) is 23.1 Å². The molecule has 1 aliphatic rings. The standard InChI is InChI=1S/C11H15NO6/c1-11(17)9(16)7(5-13)18-10(11)12-3-2-6(14)4-8(12)15/h2-4,7,9-10,13-14,16-17H,5H2,1H3/t7?,9-,10?,11+/m1/s1. The van der Waals surface area contributed by atoms with Crippen LogP contribution >= 0.6 is 0 Å². The van der Waals surface area contributed by atoms with Gasteiger partial charge in [0.2, 0.25) is 0 Å². The van der Waals surface area contributed by atoms with Crippen LogP contribution in [0.3, 0.4) is 0 Å². The molecule has 0 aliphatic carbocycles. The predicted octanol–water partition coefficient (Wildman–Crippen LogP) is -1.44. The molecule has 0 radical (unpaired) electrons. The average molecular weight is 257 g/mol. The molecular formula is C11H15NO6. The Hall–Kier alpha value is -1.41. The molecule has 4 N–H and O–H groups in total. The van der Waals surface area contributed by atoms with E-state index in [-0.39, 0.29) is 5.75 Å². The van der Waals surface area contributed by atoms with E-state index in [0.29, 0.717) is 0 Å². The van der Waals surface area contributed by atoms with Crippen LogP contribution in [0.4, 0.5) is 0 Å². The summed E-state index contributed by atoms with van der Waals surface area (Å²) in [7, 11) is 0. The van der Waals surface area contributed by atoms with Crippen molar-refractivity contribution in [3.63, 3.8) is 0 Å². The normalized spacial score (nSPS) is 35.9. The van der Waals surface area contributed by atoms with Gasteiger partial charge in [-0.25, -0.2) is 0 Å². The van der Waals surface area contributed by atoms with Crippen molar-refractivity contribution in [2.45, 2.75) is 31.0 Å². The van der Waals surface area contributed by atoms with Crippen LogP contribution in [0.2, 0.25) is 0 Å². The first-order valence-electron chi connectivity index (χ1n) is 5.46. The average Bonchev–Trinajstić information content (AvgIpc) is 2.52. The summed E-state index contributed by atoms with van der Waals surface area (Å²) in [6.45, 7) is 0.845. The molecule has 1 saturated heterocycles. The number of ether oxygens (including phenoxy) is 1. The zero-order valence-corrected chi connectivity index (χ0v) is 9.72. The molecule has 0 saturated carbocycles. The quantitative estimate of drug-likeness (QED) is 0.516. The summed E-state index contributed by atoms with van der Waals surface area (Å²) in [4.78, 5) is 11.7. The minimum Gasteiger partial charge on any atom is -0.508 e. The van der Waals surface area contributed by atoms with Gasteiger partial charge in [0, 0.05) is 12.3 Å².